The van der Waals surface area contributed by atoms with E-state index >= 15 is 0 Å². The van der Waals surface area contributed by atoms with Crippen molar-refractivity contribution in [2.24, 2.45) is 0 Å². The van der Waals surface area contributed by atoms with Gasteiger partial charge in [0.15, 0.2) is 0 Å². The lowest BCUT2D eigenvalue weighted by Gasteiger charge is -2.18. The first-order valence-electron chi connectivity index (χ1n) is 8.06. The van der Waals surface area contributed by atoms with Crippen LogP contribution in [0.25, 0.3) is 0 Å². The summed E-state index contributed by atoms with van der Waals surface area (Å²) in [5.41, 5.74) is 0. The molecule has 6 heteroatoms. The molecular formula is C16H30O4S2. The Morgan fingerprint density at radius 1 is 0.955 bits per heavy atom. The largest absolute Gasteiger partial charge is 0.466 e. The lowest BCUT2D eigenvalue weighted by Crippen LogP contribution is -2.21. The van der Waals surface area contributed by atoms with Crippen molar-refractivity contribution in [3.05, 3.63) is 0 Å². The zero-order valence-electron chi connectivity index (χ0n) is 13.9. The van der Waals surface area contributed by atoms with Crippen LogP contribution in [-0.4, -0.2) is 35.1 Å². The van der Waals surface area contributed by atoms with Gasteiger partial charge in [0.05, 0.1) is 19.4 Å². The number of carbonyl (C=O) groups excluding carboxylic acids is 2. The molecule has 0 amide bonds. The fraction of sp³-hybridized carbons (Fsp3) is 0.875. The van der Waals surface area contributed by atoms with Gasteiger partial charge < -0.3 is 9.47 Å². The predicted octanol–water partition coefficient (Wildman–Crippen LogP) is 3.83. The van der Waals surface area contributed by atoms with Crippen LogP contribution in [0.2, 0.25) is 0 Å². The molecule has 0 bridgehead atoms. The molecule has 0 fully saturated rings. The maximum Gasteiger partial charge on any atom is 0.307 e. The highest BCUT2D eigenvalue weighted by Crippen LogP contribution is 2.14. The summed E-state index contributed by atoms with van der Waals surface area (Å²) in [5, 5.41) is 0.0116. The average Bonchev–Trinajstić information content (AvgIpc) is 2.38. The van der Waals surface area contributed by atoms with Crippen LogP contribution in [0.15, 0.2) is 0 Å². The van der Waals surface area contributed by atoms with E-state index in [0.717, 1.165) is 25.7 Å². The number of rotatable bonds is 12. The highest BCUT2D eigenvalue weighted by atomic mass is 32.1. The Hall–Kier alpha value is -0.360. The van der Waals surface area contributed by atoms with E-state index in [1.165, 1.54) is 0 Å². The third-order valence-corrected chi connectivity index (χ3v) is 3.40. The van der Waals surface area contributed by atoms with Crippen LogP contribution in [0.3, 0.4) is 0 Å². The topological polar surface area (TPSA) is 52.6 Å². The summed E-state index contributed by atoms with van der Waals surface area (Å²) < 4.78 is 10.6. The van der Waals surface area contributed by atoms with Gasteiger partial charge in [0.1, 0.15) is 6.10 Å². The molecule has 0 saturated carbocycles. The molecular weight excluding hydrogens is 320 g/mol. The summed E-state index contributed by atoms with van der Waals surface area (Å²) in [5.74, 6) is -0.432. The first-order valence-corrected chi connectivity index (χ1v) is 9.09. The van der Waals surface area contributed by atoms with Crippen LogP contribution in [0, 0.1) is 0 Å². The zero-order valence-corrected chi connectivity index (χ0v) is 15.7. The second-order valence-corrected chi connectivity index (χ2v) is 7.49. The van der Waals surface area contributed by atoms with E-state index in [9.17, 15) is 9.59 Å². The summed E-state index contributed by atoms with van der Waals surface area (Å²) in [6.07, 6.45) is 4.89. The minimum Gasteiger partial charge on any atom is -0.466 e. The van der Waals surface area contributed by atoms with Gasteiger partial charge in [-0.1, -0.05) is 33.6 Å². The van der Waals surface area contributed by atoms with Crippen LogP contribution in [0.1, 0.15) is 65.7 Å². The van der Waals surface area contributed by atoms with Crippen molar-refractivity contribution in [3.8, 4) is 0 Å². The Morgan fingerprint density at radius 3 is 2.05 bits per heavy atom. The SMILES string of the molecule is CCCCC(CCCOC(=O)CC(C)S)OC(=O)CC(C)S. The maximum absolute atomic E-state index is 11.7. The van der Waals surface area contributed by atoms with Gasteiger partial charge in [0.2, 0.25) is 0 Å². The van der Waals surface area contributed by atoms with Gasteiger partial charge in [0.25, 0.3) is 0 Å². The van der Waals surface area contributed by atoms with Gasteiger partial charge in [-0.05, 0) is 19.3 Å². The van der Waals surface area contributed by atoms with Crippen molar-refractivity contribution < 1.29 is 19.1 Å². The van der Waals surface area contributed by atoms with Crippen molar-refractivity contribution >= 4 is 37.2 Å². The number of ether oxygens (including phenoxy) is 2. The summed E-state index contributed by atoms with van der Waals surface area (Å²) >= 11 is 8.35. The van der Waals surface area contributed by atoms with E-state index in [0.29, 0.717) is 25.9 Å². The van der Waals surface area contributed by atoms with Gasteiger partial charge in [-0.15, -0.1) is 0 Å². The predicted molar refractivity (Wildman–Crippen MR) is 95.7 cm³/mol. The van der Waals surface area contributed by atoms with Gasteiger partial charge in [-0.2, -0.15) is 25.3 Å². The van der Waals surface area contributed by atoms with Gasteiger partial charge in [-0.3, -0.25) is 9.59 Å². The standard InChI is InChI=1S/C16H30O4S2/c1-4-5-7-14(20-16(18)11-13(3)22)8-6-9-19-15(17)10-12(2)21/h12-14,21-22H,4-11H2,1-3H3. The zero-order chi connectivity index (χ0) is 17.0. The molecule has 0 spiro atoms. The average molecular weight is 351 g/mol. The second kappa shape index (κ2) is 13.1. The summed E-state index contributed by atoms with van der Waals surface area (Å²) in [4.78, 5) is 23.1. The number of thiol groups is 2. The normalized spacial score (nSPS) is 15.0. The number of hydrogen-bond acceptors (Lipinski definition) is 6. The Morgan fingerprint density at radius 2 is 1.50 bits per heavy atom. The lowest BCUT2D eigenvalue weighted by atomic mass is 10.1. The highest BCUT2D eigenvalue weighted by Gasteiger charge is 2.15. The van der Waals surface area contributed by atoms with Crippen LogP contribution in [-0.2, 0) is 19.1 Å². The fourth-order valence-electron chi connectivity index (χ4n) is 1.97. The molecule has 22 heavy (non-hydrogen) atoms. The Balaban J connectivity index is 4.03. The maximum atomic E-state index is 11.7. The molecule has 0 N–H and O–H groups in total. The summed E-state index contributed by atoms with van der Waals surface area (Å²) in [6, 6.07) is 0. The minimum atomic E-state index is -0.228. The van der Waals surface area contributed by atoms with Crippen molar-refractivity contribution in [1.82, 2.24) is 0 Å². The Bertz CT molecular complexity index is 319. The van der Waals surface area contributed by atoms with E-state index < -0.39 is 0 Å². The quantitative estimate of drug-likeness (QED) is 0.319. The lowest BCUT2D eigenvalue weighted by molar-refractivity contribution is -0.151. The monoisotopic (exact) mass is 350 g/mol. The molecule has 4 nitrogen and oxygen atoms in total. The molecule has 0 aromatic carbocycles. The molecule has 0 aromatic rings. The first kappa shape index (κ1) is 21.6. The van der Waals surface area contributed by atoms with E-state index in [1.807, 2.05) is 13.8 Å². The van der Waals surface area contributed by atoms with Crippen molar-refractivity contribution in [3.63, 3.8) is 0 Å². The number of hydrogen-bond donors (Lipinski definition) is 2. The first-order chi connectivity index (χ1) is 10.3. The third kappa shape index (κ3) is 13.3. The molecule has 3 atom stereocenters. The number of carbonyl (C=O) groups is 2. The molecule has 0 aliphatic rings. The molecule has 130 valence electrons. The minimum absolute atomic E-state index is 0.00324. The second-order valence-electron chi connectivity index (χ2n) is 5.72. The van der Waals surface area contributed by atoms with Crippen LogP contribution >= 0.6 is 25.3 Å². The molecule has 0 heterocycles. The van der Waals surface area contributed by atoms with E-state index in [4.69, 9.17) is 9.47 Å². The van der Waals surface area contributed by atoms with Gasteiger partial charge in [0, 0.05) is 10.5 Å². The van der Waals surface area contributed by atoms with Crippen molar-refractivity contribution in [2.45, 2.75) is 82.3 Å². The Labute approximate surface area is 145 Å². The molecule has 0 aliphatic carbocycles. The molecule has 0 saturated heterocycles. The van der Waals surface area contributed by atoms with Gasteiger partial charge in [-0.25, -0.2) is 0 Å². The molecule has 0 radical (unpaired) electrons. The van der Waals surface area contributed by atoms with Crippen molar-refractivity contribution in [2.75, 3.05) is 6.61 Å². The van der Waals surface area contributed by atoms with E-state index in [1.54, 1.807) is 0 Å². The molecule has 3 unspecified atom stereocenters. The van der Waals surface area contributed by atoms with Gasteiger partial charge >= 0.3 is 11.9 Å². The summed E-state index contributed by atoms with van der Waals surface area (Å²) in [6.45, 7) is 6.19. The number of esters is 2. The molecule has 0 aliphatic heterocycles. The summed E-state index contributed by atoms with van der Waals surface area (Å²) in [7, 11) is 0. The van der Waals surface area contributed by atoms with Crippen LogP contribution in [0.4, 0.5) is 0 Å². The molecule has 0 rings (SSSR count). The Kier molecular flexibility index (Phi) is 12.9. The smallest absolute Gasteiger partial charge is 0.307 e. The fourth-order valence-corrected chi connectivity index (χ4v) is 2.26. The van der Waals surface area contributed by atoms with E-state index in [2.05, 4.69) is 32.2 Å². The van der Waals surface area contributed by atoms with Crippen molar-refractivity contribution in [1.29, 1.82) is 0 Å². The number of unbranched alkanes of at least 4 members (excludes halogenated alkanes) is 1. The highest BCUT2D eigenvalue weighted by molar-refractivity contribution is 7.81. The van der Waals surface area contributed by atoms with E-state index in [-0.39, 0.29) is 28.5 Å². The van der Waals surface area contributed by atoms with Crippen LogP contribution in [0.5, 0.6) is 0 Å². The third-order valence-electron chi connectivity index (χ3n) is 3.04. The molecule has 0 aromatic heterocycles. The van der Waals surface area contributed by atoms with Crippen LogP contribution < -0.4 is 0 Å².